The van der Waals surface area contributed by atoms with Crippen molar-refractivity contribution >= 4 is 11.7 Å². The number of rotatable bonds is 3. The summed E-state index contributed by atoms with van der Waals surface area (Å²) < 4.78 is 1.75. The van der Waals surface area contributed by atoms with Crippen molar-refractivity contribution in [3.05, 3.63) is 46.8 Å². The number of aryl methyl sites for hydroxylation is 2. The van der Waals surface area contributed by atoms with Gasteiger partial charge in [0.15, 0.2) is 0 Å². The number of carbonyl (C=O) groups is 1. The Morgan fingerprint density at radius 2 is 2.17 bits per heavy atom. The van der Waals surface area contributed by atoms with Crippen LogP contribution in [0.3, 0.4) is 0 Å². The van der Waals surface area contributed by atoms with E-state index in [2.05, 4.69) is 5.10 Å². The lowest BCUT2D eigenvalue weighted by atomic mass is 10.0. The number of hydrogen-bond acceptors (Lipinski definition) is 3. The van der Waals surface area contributed by atoms with E-state index in [9.17, 15) is 4.79 Å². The maximum atomic E-state index is 11.0. The number of nitrogens with two attached hydrogens (primary N) is 1. The van der Waals surface area contributed by atoms with Crippen LogP contribution in [0, 0.1) is 6.92 Å². The Bertz CT molecular complexity index is 602. The predicted octanol–water partition coefficient (Wildman–Crippen LogP) is 1.60. The number of carboxylic acids is 1. The predicted molar refractivity (Wildman–Crippen MR) is 68.6 cm³/mol. The highest BCUT2D eigenvalue weighted by molar-refractivity contribution is 5.89. The molecule has 18 heavy (non-hydrogen) atoms. The number of hydrogen-bond donors (Lipinski definition) is 2. The van der Waals surface area contributed by atoms with Crippen LogP contribution in [0.2, 0.25) is 0 Å². The molecule has 0 amide bonds. The zero-order chi connectivity index (χ0) is 13.3. The third-order valence-electron chi connectivity index (χ3n) is 2.77. The van der Waals surface area contributed by atoms with Gasteiger partial charge in [0.2, 0.25) is 0 Å². The molecule has 3 N–H and O–H groups in total. The molecule has 0 aliphatic rings. The molecule has 1 aromatic heterocycles. The van der Waals surface area contributed by atoms with Gasteiger partial charge in [0.25, 0.3) is 0 Å². The minimum Gasteiger partial charge on any atom is -0.478 e. The molecular weight excluding hydrogens is 230 g/mol. The molecule has 94 valence electrons. The van der Waals surface area contributed by atoms with Crippen LogP contribution in [0.25, 0.3) is 0 Å². The van der Waals surface area contributed by atoms with Crippen molar-refractivity contribution < 1.29 is 9.90 Å². The Kier molecular flexibility index (Phi) is 3.06. The fourth-order valence-electron chi connectivity index (χ4n) is 1.99. The van der Waals surface area contributed by atoms with Crippen molar-refractivity contribution in [2.75, 3.05) is 5.73 Å². The minimum atomic E-state index is -0.966. The van der Waals surface area contributed by atoms with Crippen LogP contribution in [0.1, 0.15) is 27.2 Å². The van der Waals surface area contributed by atoms with E-state index in [-0.39, 0.29) is 5.56 Å². The average molecular weight is 245 g/mol. The van der Waals surface area contributed by atoms with Crippen LogP contribution in [0.15, 0.2) is 24.4 Å². The summed E-state index contributed by atoms with van der Waals surface area (Å²) in [6.45, 7) is 1.93. The van der Waals surface area contributed by atoms with E-state index in [0.29, 0.717) is 12.1 Å². The highest BCUT2D eigenvalue weighted by atomic mass is 16.4. The van der Waals surface area contributed by atoms with Gasteiger partial charge in [0.05, 0.1) is 11.3 Å². The highest BCUT2D eigenvalue weighted by Gasteiger charge is 2.09. The molecule has 1 aromatic carbocycles. The second-order valence-corrected chi connectivity index (χ2v) is 4.36. The Balaban J connectivity index is 2.34. The van der Waals surface area contributed by atoms with Crippen molar-refractivity contribution in [2.24, 2.45) is 7.05 Å². The molecule has 2 aromatic rings. The molecular formula is C13H15N3O2. The van der Waals surface area contributed by atoms with Crippen molar-refractivity contribution in [1.82, 2.24) is 9.78 Å². The van der Waals surface area contributed by atoms with Gasteiger partial charge in [-0.1, -0.05) is 0 Å². The van der Waals surface area contributed by atoms with Gasteiger partial charge in [-0.05, 0) is 36.2 Å². The number of nitrogens with zero attached hydrogens (tertiary/aromatic N) is 2. The van der Waals surface area contributed by atoms with E-state index in [4.69, 9.17) is 10.8 Å². The normalized spacial score (nSPS) is 10.6. The van der Waals surface area contributed by atoms with Gasteiger partial charge < -0.3 is 10.8 Å². The summed E-state index contributed by atoms with van der Waals surface area (Å²) in [7, 11) is 1.86. The molecule has 1 heterocycles. The van der Waals surface area contributed by atoms with E-state index in [1.165, 1.54) is 6.07 Å². The average Bonchev–Trinajstić information content (AvgIpc) is 2.56. The largest absolute Gasteiger partial charge is 0.478 e. The molecule has 0 aliphatic carbocycles. The van der Waals surface area contributed by atoms with E-state index < -0.39 is 5.97 Å². The first-order chi connectivity index (χ1) is 8.45. The second-order valence-electron chi connectivity index (χ2n) is 4.36. The summed E-state index contributed by atoms with van der Waals surface area (Å²) in [5.41, 5.74) is 9.28. The summed E-state index contributed by atoms with van der Waals surface area (Å²) in [5, 5.41) is 13.2. The van der Waals surface area contributed by atoms with Crippen molar-refractivity contribution in [1.29, 1.82) is 0 Å². The lowest BCUT2D eigenvalue weighted by Crippen LogP contribution is -2.01. The fraction of sp³-hybridized carbons (Fsp3) is 0.231. The SMILES string of the molecule is Cc1nn(C)cc1Cc1cc(N)cc(C(=O)O)c1. The van der Waals surface area contributed by atoms with Crippen LogP contribution in [-0.2, 0) is 13.5 Å². The number of aromatic nitrogens is 2. The minimum absolute atomic E-state index is 0.214. The number of carboxylic acid groups (broad SMARTS) is 1. The smallest absolute Gasteiger partial charge is 0.335 e. The van der Waals surface area contributed by atoms with Gasteiger partial charge in [0, 0.05) is 25.4 Å². The zero-order valence-electron chi connectivity index (χ0n) is 10.3. The molecule has 0 aliphatic heterocycles. The van der Waals surface area contributed by atoms with Crippen LogP contribution in [0.5, 0.6) is 0 Å². The lowest BCUT2D eigenvalue weighted by Gasteiger charge is -2.04. The zero-order valence-corrected chi connectivity index (χ0v) is 10.3. The summed E-state index contributed by atoms with van der Waals surface area (Å²) in [6, 6.07) is 4.89. The second kappa shape index (κ2) is 4.52. The molecule has 0 bridgehead atoms. The number of aromatic carboxylic acids is 1. The molecule has 0 atom stereocenters. The molecule has 0 saturated heterocycles. The monoisotopic (exact) mass is 245 g/mol. The highest BCUT2D eigenvalue weighted by Crippen LogP contribution is 2.17. The van der Waals surface area contributed by atoms with Crippen LogP contribution in [0.4, 0.5) is 5.69 Å². The Labute approximate surface area is 105 Å². The van der Waals surface area contributed by atoms with Crippen LogP contribution in [-0.4, -0.2) is 20.9 Å². The summed E-state index contributed by atoms with van der Waals surface area (Å²) in [5.74, 6) is -0.966. The number of anilines is 1. The van der Waals surface area contributed by atoms with Gasteiger partial charge in [-0.25, -0.2) is 4.79 Å². The van der Waals surface area contributed by atoms with Crippen molar-refractivity contribution in [3.63, 3.8) is 0 Å². The van der Waals surface area contributed by atoms with Gasteiger partial charge in [-0.2, -0.15) is 5.10 Å². The molecule has 0 spiro atoms. The van der Waals surface area contributed by atoms with Gasteiger partial charge in [-0.3, -0.25) is 4.68 Å². The quantitative estimate of drug-likeness (QED) is 0.805. The first-order valence-electron chi connectivity index (χ1n) is 5.57. The molecule has 0 unspecified atom stereocenters. The van der Waals surface area contributed by atoms with Crippen molar-refractivity contribution in [2.45, 2.75) is 13.3 Å². The first kappa shape index (κ1) is 12.2. The van der Waals surface area contributed by atoms with E-state index >= 15 is 0 Å². The van der Waals surface area contributed by atoms with E-state index in [0.717, 1.165) is 16.8 Å². The summed E-state index contributed by atoms with van der Waals surface area (Å²) in [6.07, 6.45) is 2.56. The topological polar surface area (TPSA) is 81.1 Å². The Morgan fingerprint density at radius 3 is 2.72 bits per heavy atom. The van der Waals surface area contributed by atoms with E-state index in [1.54, 1.807) is 16.8 Å². The molecule has 0 radical (unpaired) electrons. The third kappa shape index (κ3) is 2.51. The van der Waals surface area contributed by atoms with Crippen LogP contribution < -0.4 is 5.73 Å². The number of benzene rings is 1. The van der Waals surface area contributed by atoms with Gasteiger partial charge >= 0.3 is 5.97 Å². The maximum Gasteiger partial charge on any atom is 0.335 e. The lowest BCUT2D eigenvalue weighted by molar-refractivity contribution is 0.0697. The summed E-state index contributed by atoms with van der Waals surface area (Å²) in [4.78, 5) is 11.0. The molecule has 2 rings (SSSR count). The van der Waals surface area contributed by atoms with Crippen molar-refractivity contribution in [3.8, 4) is 0 Å². The molecule has 5 heteroatoms. The standard InChI is InChI=1S/C13H15N3O2/c1-8-11(7-16(2)15-8)4-9-3-10(13(17)18)6-12(14)5-9/h3,5-7H,4,14H2,1-2H3,(H,17,18). The first-order valence-corrected chi connectivity index (χ1v) is 5.57. The molecule has 5 nitrogen and oxygen atoms in total. The van der Waals surface area contributed by atoms with Gasteiger partial charge in [-0.15, -0.1) is 0 Å². The Morgan fingerprint density at radius 1 is 1.44 bits per heavy atom. The van der Waals surface area contributed by atoms with Crippen LogP contribution >= 0.6 is 0 Å². The fourth-order valence-corrected chi connectivity index (χ4v) is 1.99. The molecule has 0 fully saturated rings. The van der Waals surface area contributed by atoms with E-state index in [1.807, 2.05) is 20.2 Å². The third-order valence-corrected chi connectivity index (χ3v) is 2.77. The number of nitrogen functional groups attached to an aromatic ring is 1. The molecule has 0 saturated carbocycles. The maximum absolute atomic E-state index is 11.0. The summed E-state index contributed by atoms with van der Waals surface area (Å²) >= 11 is 0. The Hall–Kier alpha value is -2.30. The van der Waals surface area contributed by atoms with Gasteiger partial charge in [0.1, 0.15) is 0 Å².